The van der Waals surface area contributed by atoms with Gasteiger partial charge < -0.3 is 10.1 Å². The lowest BCUT2D eigenvalue weighted by Gasteiger charge is -2.23. The number of rotatable bonds is 4. The molecule has 0 heterocycles. The van der Waals surface area contributed by atoms with Crippen molar-refractivity contribution in [2.75, 3.05) is 5.75 Å². The fraction of sp³-hybridized carbons (Fsp3) is 0.533. The van der Waals surface area contributed by atoms with Crippen molar-refractivity contribution in [3.05, 3.63) is 35.4 Å². The van der Waals surface area contributed by atoms with Gasteiger partial charge in [0.2, 0.25) is 0 Å². The van der Waals surface area contributed by atoms with Gasteiger partial charge in [-0.05, 0) is 39.7 Å². The van der Waals surface area contributed by atoms with Gasteiger partial charge in [-0.3, -0.25) is 0 Å². The second kappa shape index (κ2) is 6.85. The van der Waals surface area contributed by atoms with Gasteiger partial charge in [0.1, 0.15) is 5.60 Å². The summed E-state index contributed by atoms with van der Waals surface area (Å²) in [4.78, 5) is 11.7. The minimum absolute atomic E-state index is 0.0270. The van der Waals surface area contributed by atoms with E-state index in [4.69, 9.17) is 4.74 Å². The first kappa shape index (κ1) is 15.9. The van der Waals surface area contributed by atoms with Gasteiger partial charge >= 0.3 is 6.09 Å². The summed E-state index contributed by atoms with van der Waals surface area (Å²) in [5.74, 6) is 0.577. The minimum atomic E-state index is -0.477. The number of hydrogen-bond acceptors (Lipinski definition) is 3. The van der Waals surface area contributed by atoms with Crippen LogP contribution < -0.4 is 5.32 Å². The first-order chi connectivity index (χ1) is 8.80. The molecule has 0 aromatic heterocycles. The highest BCUT2D eigenvalue weighted by molar-refractivity contribution is 7.80. The number of carbonyl (C=O) groups excluding carboxylic acids is 1. The van der Waals surface area contributed by atoms with Crippen molar-refractivity contribution in [2.45, 2.75) is 45.8 Å². The predicted octanol–water partition coefficient (Wildman–Crippen LogP) is 3.36. The second-order valence-corrected chi connectivity index (χ2v) is 6.08. The van der Waals surface area contributed by atoms with Crippen LogP contribution in [0.5, 0.6) is 0 Å². The van der Waals surface area contributed by atoms with Crippen molar-refractivity contribution in [3.8, 4) is 0 Å². The van der Waals surface area contributed by atoms with Crippen LogP contribution in [-0.4, -0.2) is 23.5 Å². The monoisotopic (exact) mass is 281 g/mol. The molecule has 0 saturated heterocycles. The number of hydrogen-bond donors (Lipinski definition) is 2. The van der Waals surface area contributed by atoms with E-state index in [0.717, 1.165) is 6.42 Å². The smallest absolute Gasteiger partial charge is 0.407 e. The van der Waals surface area contributed by atoms with Crippen LogP contribution in [0.1, 0.15) is 31.9 Å². The van der Waals surface area contributed by atoms with Crippen LogP contribution in [0.25, 0.3) is 0 Å². The molecule has 1 atom stereocenters. The molecule has 1 amide bonds. The molecule has 3 nitrogen and oxygen atoms in total. The lowest BCUT2D eigenvalue weighted by atomic mass is 10.1. The molecule has 0 radical (unpaired) electrons. The summed E-state index contributed by atoms with van der Waals surface area (Å²) in [7, 11) is 0. The Balaban J connectivity index is 2.54. The van der Waals surface area contributed by atoms with Crippen LogP contribution in [0.2, 0.25) is 0 Å². The van der Waals surface area contributed by atoms with E-state index in [9.17, 15) is 4.79 Å². The third-order valence-corrected chi connectivity index (χ3v) is 2.98. The van der Waals surface area contributed by atoms with Crippen molar-refractivity contribution >= 4 is 18.7 Å². The fourth-order valence-corrected chi connectivity index (χ4v) is 1.86. The number of aryl methyl sites for hydroxylation is 1. The molecule has 0 spiro atoms. The van der Waals surface area contributed by atoms with E-state index in [1.807, 2.05) is 20.8 Å². The third kappa shape index (κ3) is 6.53. The highest BCUT2D eigenvalue weighted by Gasteiger charge is 2.19. The molecule has 0 aliphatic carbocycles. The van der Waals surface area contributed by atoms with Crippen LogP contribution in [-0.2, 0) is 11.2 Å². The highest BCUT2D eigenvalue weighted by Crippen LogP contribution is 2.10. The molecule has 0 fully saturated rings. The van der Waals surface area contributed by atoms with E-state index < -0.39 is 11.7 Å². The summed E-state index contributed by atoms with van der Waals surface area (Å²) >= 11 is 4.28. The Hall–Kier alpha value is -1.16. The van der Waals surface area contributed by atoms with Crippen LogP contribution in [0.3, 0.4) is 0 Å². The molecule has 1 N–H and O–H groups in total. The van der Waals surface area contributed by atoms with Crippen molar-refractivity contribution in [1.82, 2.24) is 5.32 Å². The topological polar surface area (TPSA) is 38.3 Å². The van der Waals surface area contributed by atoms with Gasteiger partial charge in [-0.1, -0.05) is 29.8 Å². The standard InChI is InChI=1S/C15H23NO2S/c1-11-5-7-12(8-6-11)9-13(10-19)16-14(17)18-15(2,3)4/h5-8,13,19H,9-10H2,1-4H3,(H,16,17). The van der Waals surface area contributed by atoms with Crippen molar-refractivity contribution in [1.29, 1.82) is 0 Å². The van der Waals surface area contributed by atoms with Crippen molar-refractivity contribution < 1.29 is 9.53 Å². The highest BCUT2D eigenvalue weighted by atomic mass is 32.1. The molecule has 0 bridgehead atoms. The van der Waals surface area contributed by atoms with E-state index in [1.165, 1.54) is 11.1 Å². The number of benzene rings is 1. The zero-order chi connectivity index (χ0) is 14.5. The van der Waals surface area contributed by atoms with Gasteiger partial charge in [0.15, 0.2) is 0 Å². The molecule has 1 rings (SSSR count). The summed E-state index contributed by atoms with van der Waals surface area (Å²) in [6, 6.07) is 8.25. The van der Waals surface area contributed by atoms with Crippen LogP contribution >= 0.6 is 12.6 Å². The Morgan fingerprint density at radius 1 is 1.32 bits per heavy atom. The average molecular weight is 281 g/mol. The molecule has 19 heavy (non-hydrogen) atoms. The molecular weight excluding hydrogens is 258 g/mol. The van der Waals surface area contributed by atoms with Gasteiger partial charge in [0.25, 0.3) is 0 Å². The summed E-state index contributed by atoms with van der Waals surface area (Å²) in [5.41, 5.74) is 1.93. The van der Waals surface area contributed by atoms with Crippen LogP contribution in [0.15, 0.2) is 24.3 Å². The summed E-state index contributed by atoms with van der Waals surface area (Å²) in [5, 5.41) is 2.85. The zero-order valence-electron chi connectivity index (χ0n) is 12.1. The van der Waals surface area contributed by atoms with Crippen molar-refractivity contribution in [3.63, 3.8) is 0 Å². The number of nitrogens with one attached hydrogen (secondary N) is 1. The van der Waals surface area contributed by atoms with Crippen LogP contribution in [0, 0.1) is 6.92 Å². The molecular formula is C15H23NO2S. The van der Waals surface area contributed by atoms with Gasteiger partial charge in [-0.15, -0.1) is 0 Å². The minimum Gasteiger partial charge on any atom is -0.444 e. The Kier molecular flexibility index (Phi) is 5.73. The van der Waals surface area contributed by atoms with Crippen LogP contribution in [0.4, 0.5) is 4.79 Å². The maximum Gasteiger partial charge on any atom is 0.407 e. The van der Waals surface area contributed by atoms with Gasteiger partial charge in [0.05, 0.1) is 0 Å². The normalized spacial score (nSPS) is 12.9. The Morgan fingerprint density at radius 3 is 2.37 bits per heavy atom. The molecule has 0 saturated carbocycles. The number of amides is 1. The largest absolute Gasteiger partial charge is 0.444 e. The number of alkyl carbamates (subject to hydrolysis) is 1. The second-order valence-electron chi connectivity index (χ2n) is 5.72. The Bertz CT molecular complexity index is 409. The molecule has 4 heteroatoms. The first-order valence-corrected chi connectivity index (χ1v) is 7.09. The quantitative estimate of drug-likeness (QED) is 0.831. The summed E-state index contributed by atoms with van der Waals surface area (Å²) in [6.45, 7) is 7.60. The number of carbonyl (C=O) groups is 1. The van der Waals surface area contributed by atoms with Gasteiger partial charge in [0, 0.05) is 11.8 Å². The molecule has 106 valence electrons. The molecule has 0 aliphatic rings. The SMILES string of the molecule is Cc1ccc(CC(CS)NC(=O)OC(C)(C)C)cc1. The van der Waals surface area contributed by atoms with E-state index in [1.54, 1.807) is 0 Å². The average Bonchev–Trinajstić information content (AvgIpc) is 2.28. The summed E-state index contributed by atoms with van der Waals surface area (Å²) < 4.78 is 5.24. The molecule has 1 unspecified atom stereocenters. The van der Waals surface area contributed by atoms with E-state index in [0.29, 0.717) is 5.75 Å². The molecule has 1 aromatic carbocycles. The maximum atomic E-state index is 11.7. The lowest BCUT2D eigenvalue weighted by molar-refractivity contribution is 0.0509. The summed E-state index contributed by atoms with van der Waals surface area (Å²) in [6.07, 6.45) is 0.363. The fourth-order valence-electron chi connectivity index (χ4n) is 1.64. The predicted molar refractivity (Wildman–Crippen MR) is 81.9 cm³/mol. The Labute approximate surface area is 121 Å². The van der Waals surface area contributed by atoms with Gasteiger partial charge in [-0.2, -0.15) is 12.6 Å². The molecule has 1 aromatic rings. The zero-order valence-corrected chi connectivity index (χ0v) is 13.0. The third-order valence-electron chi connectivity index (χ3n) is 2.54. The first-order valence-electron chi connectivity index (χ1n) is 6.46. The Morgan fingerprint density at radius 2 is 1.89 bits per heavy atom. The number of ether oxygens (including phenoxy) is 1. The molecule has 0 aliphatic heterocycles. The number of thiol groups is 1. The van der Waals surface area contributed by atoms with E-state index in [2.05, 4.69) is 49.1 Å². The van der Waals surface area contributed by atoms with Gasteiger partial charge in [-0.25, -0.2) is 4.79 Å². The van der Waals surface area contributed by atoms with E-state index in [-0.39, 0.29) is 6.04 Å². The van der Waals surface area contributed by atoms with Crippen molar-refractivity contribution in [2.24, 2.45) is 0 Å². The lowest BCUT2D eigenvalue weighted by Crippen LogP contribution is -2.41. The maximum absolute atomic E-state index is 11.7. The van der Waals surface area contributed by atoms with E-state index >= 15 is 0 Å².